The highest BCUT2D eigenvalue weighted by molar-refractivity contribution is 8.26. The number of benzene rings is 2. The summed E-state index contributed by atoms with van der Waals surface area (Å²) in [4.78, 5) is 14.7. The van der Waals surface area contributed by atoms with E-state index in [0.29, 0.717) is 15.8 Å². The number of carbonyl (C=O) groups excluding carboxylic acids is 1. The number of rotatable bonds is 4. The molecule has 0 aromatic heterocycles. The molecule has 2 aromatic carbocycles. The van der Waals surface area contributed by atoms with Crippen molar-refractivity contribution in [3.63, 3.8) is 0 Å². The van der Waals surface area contributed by atoms with Crippen molar-refractivity contribution in [2.24, 2.45) is 0 Å². The van der Waals surface area contributed by atoms with Crippen LogP contribution in [0.5, 0.6) is 0 Å². The van der Waals surface area contributed by atoms with E-state index in [1.165, 1.54) is 22.9 Å². The Kier molecular flexibility index (Phi) is 4.94. The molecule has 1 aliphatic rings. The smallest absolute Gasteiger partial charge is 0.266 e. The summed E-state index contributed by atoms with van der Waals surface area (Å²) in [5.74, 6) is 0.0222. The van der Waals surface area contributed by atoms with E-state index in [1.807, 2.05) is 43.3 Å². The van der Waals surface area contributed by atoms with Gasteiger partial charge in [0, 0.05) is 6.54 Å². The van der Waals surface area contributed by atoms with Crippen molar-refractivity contribution in [2.75, 3.05) is 6.54 Å². The van der Waals surface area contributed by atoms with Gasteiger partial charge >= 0.3 is 0 Å². The second-order valence-corrected chi connectivity index (χ2v) is 7.00. The first-order valence-electron chi connectivity index (χ1n) is 7.60. The zero-order chi connectivity index (χ0) is 16.2. The van der Waals surface area contributed by atoms with Crippen LogP contribution in [-0.2, 0) is 4.79 Å². The number of hydrogen-bond donors (Lipinski definition) is 0. The quantitative estimate of drug-likeness (QED) is 0.580. The monoisotopic (exact) mass is 339 g/mol. The van der Waals surface area contributed by atoms with Crippen molar-refractivity contribution in [3.8, 4) is 11.1 Å². The molecule has 2 nitrogen and oxygen atoms in total. The Morgan fingerprint density at radius 1 is 1.04 bits per heavy atom. The van der Waals surface area contributed by atoms with E-state index < -0.39 is 0 Å². The number of thiocarbonyl (C=S) groups is 1. The molecule has 1 saturated heterocycles. The van der Waals surface area contributed by atoms with Crippen LogP contribution in [0.2, 0.25) is 0 Å². The van der Waals surface area contributed by atoms with E-state index in [4.69, 9.17) is 12.2 Å². The van der Waals surface area contributed by atoms with Crippen LogP contribution in [0.4, 0.5) is 0 Å². The normalized spacial score (nSPS) is 16.4. The van der Waals surface area contributed by atoms with Gasteiger partial charge in [0.15, 0.2) is 0 Å². The fourth-order valence-corrected chi connectivity index (χ4v) is 3.78. The summed E-state index contributed by atoms with van der Waals surface area (Å²) < 4.78 is 0.656. The lowest BCUT2D eigenvalue weighted by molar-refractivity contribution is -0.122. The average molecular weight is 339 g/mol. The Morgan fingerprint density at radius 2 is 1.70 bits per heavy atom. The maximum atomic E-state index is 12.3. The lowest BCUT2D eigenvalue weighted by Gasteiger charge is -2.11. The van der Waals surface area contributed by atoms with Gasteiger partial charge in [-0.25, -0.2) is 0 Å². The van der Waals surface area contributed by atoms with E-state index >= 15 is 0 Å². The van der Waals surface area contributed by atoms with Crippen molar-refractivity contribution in [2.45, 2.75) is 13.3 Å². The minimum Gasteiger partial charge on any atom is -0.293 e. The molecule has 1 heterocycles. The highest BCUT2D eigenvalue weighted by Gasteiger charge is 2.30. The number of amides is 1. The second kappa shape index (κ2) is 7.11. The Morgan fingerprint density at radius 3 is 2.35 bits per heavy atom. The Bertz CT molecular complexity index is 751. The number of hydrogen-bond acceptors (Lipinski definition) is 3. The first-order valence-corrected chi connectivity index (χ1v) is 8.82. The van der Waals surface area contributed by atoms with Gasteiger partial charge in [0.2, 0.25) is 0 Å². The molecule has 0 bridgehead atoms. The van der Waals surface area contributed by atoms with Gasteiger partial charge in [-0.05, 0) is 29.2 Å². The molecular weight excluding hydrogens is 322 g/mol. The fourth-order valence-electron chi connectivity index (χ4n) is 2.47. The number of nitrogens with zero attached hydrogens (tertiary/aromatic N) is 1. The summed E-state index contributed by atoms with van der Waals surface area (Å²) >= 11 is 6.67. The number of thioether (sulfide) groups is 1. The molecule has 0 unspecified atom stereocenters. The Labute approximate surface area is 146 Å². The molecular formula is C19H17NOS2. The largest absolute Gasteiger partial charge is 0.293 e. The van der Waals surface area contributed by atoms with Crippen LogP contribution < -0.4 is 0 Å². The van der Waals surface area contributed by atoms with Gasteiger partial charge in [-0.1, -0.05) is 85.5 Å². The van der Waals surface area contributed by atoms with Crippen LogP contribution in [0, 0.1) is 0 Å². The molecule has 116 valence electrons. The van der Waals surface area contributed by atoms with Gasteiger partial charge < -0.3 is 0 Å². The van der Waals surface area contributed by atoms with Crippen LogP contribution in [-0.4, -0.2) is 21.7 Å². The molecule has 0 aliphatic carbocycles. The zero-order valence-electron chi connectivity index (χ0n) is 12.9. The summed E-state index contributed by atoms with van der Waals surface area (Å²) in [5.41, 5.74) is 3.37. The van der Waals surface area contributed by atoms with Crippen LogP contribution in [0.1, 0.15) is 18.9 Å². The molecule has 0 saturated carbocycles. The third kappa shape index (κ3) is 3.54. The van der Waals surface area contributed by atoms with Gasteiger partial charge in [-0.2, -0.15) is 0 Å². The van der Waals surface area contributed by atoms with E-state index in [9.17, 15) is 4.79 Å². The van der Waals surface area contributed by atoms with Gasteiger partial charge in [-0.3, -0.25) is 9.69 Å². The van der Waals surface area contributed by atoms with Crippen LogP contribution in [0.15, 0.2) is 59.5 Å². The van der Waals surface area contributed by atoms with Gasteiger partial charge in [0.1, 0.15) is 4.32 Å². The molecule has 4 heteroatoms. The minimum atomic E-state index is 0.0222. The van der Waals surface area contributed by atoms with Gasteiger partial charge in [0.05, 0.1) is 4.91 Å². The van der Waals surface area contributed by atoms with Crippen LogP contribution in [0.3, 0.4) is 0 Å². The average Bonchev–Trinajstić information content (AvgIpc) is 2.84. The summed E-state index contributed by atoms with van der Waals surface area (Å²) in [5, 5.41) is 0. The lowest BCUT2D eigenvalue weighted by Crippen LogP contribution is -2.28. The molecule has 0 N–H and O–H groups in total. The van der Waals surface area contributed by atoms with Crippen molar-refractivity contribution in [3.05, 3.63) is 65.1 Å². The highest BCUT2D eigenvalue weighted by atomic mass is 32.2. The molecule has 1 aliphatic heterocycles. The van der Waals surface area contributed by atoms with Crippen molar-refractivity contribution >= 4 is 40.3 Å². The summed E-state index contributed by atoms with van der Waals surface area (Å²) in [6.45, 7) is 2.74. The standard InChI is InChI=1S/C19H17NOS2/c1-2-12-20-18(21)17(23-19(20)22)13-14-8-10-16(11-9-14)15-6-4-3-5-7-15/h3-11,13H,2,12H2,1H3/b17-13+. The predicted molar refractivity (Wildman–Crippen MR) is 102 cm³/mol. The van der Waals surface area contributed by atoms with E-state index in [-0.39, 0.29) is 5.91 Å². The summed E-state index contributed by atoms with van der Waals surface area (Å²) in [6, 6.07) is 18.5. The predicted octanol–water partition coefficient (Wildman–Crippen LogP) is 4.96. The summed E-state index contributed by atoms with van der Waals surface area (Å²) in [7, 11) is 0. The summed E-state index contributed by atoms with van der Waals surface area (Å²) in [6.07, 6.45) is 2.83. The van der Waals surface area contributed by atoms with Crippen LogP contribution >= 0.6 is 24.0 Å². The minimum absolute atomic E-state index is 0.0222. The Hall–Kier alpha value is -1.91. The SMILES string of the molecule is CCCN1C(=O)/C(=C\c2ccc(-c3ccccc3)cc2)SC1=S. The molecule has 0 atom stereocenters. The van der Waals surface area contributed by atoms with Crippen LogP contribution in [0.25, 0.3) is 17.2 Å². The van der Waals surface area contributed by atoms with E-state index in [0.717, 1.165) is 12.0 Å². The zero-order valence-corrected chi connectivity index (χ0v) is 14.5. The topological polar surface area (TPSA) is 20.3 Å². The maximum Gasteiger partial charge on any atom is 0.266 e. The van der Waals surface area contributed by atoms with Gasteiger partial charge in [-0.15, -0.1) is 0 Å². The molecule has 3 rings (SSSR count). The Balaban J connectivity index is 1.81. The lowest BCUT2D eigenvalue weighted by atomic mass is 10.0. The third-order valence-electron chi connectivity index (χ3n) is 3.64. The molecule has 2 aromatic rings. The second-order valence-electron chi connectivity index (χ2n) is 5.32. The third-order valence-corrected chi connectivity index (χ3v) is 5.01. The molecule has 1 amide bonds. The first-order chi connectivity index (χ1) is 11.2. The molecule has 23 heavy (non-hydrogen) atoms. The van der Waals surface area contributed by atoms with Crippen molar-refractivity contribution < 1.29 is 4.79 Å². The number of carbonyl (C=O) groups is 1. The van der Waals surface area contributed by atoms with E-state index in [1.54, 1.807) is 4.90 Å². The van der Waals surface area contributed by atoms with E-state index in [2.05, 4.69) is 24.3 Å². The maximum absolute atomic E-state index is 12.3. The van der Waals surface area contributed by atoms with Crippen molar-refractivity contribution in [1.82, 2.24) is 4.90 Å². The first kappa shape index (κ1) is 16.0. The van der Waals surface area contributed by atoms with Gasteiger partial charge in [0.25, 0.3) is 5.91 Å². The highest BCUT2D eigenvalue weighted by Crippen LogP contribution is 2.32. The van der Waals surface area contributed by atoms with Crippen molar-refractivity contribution in [1.29, 1.82) is 0 Å². The molecule has 0 radical (unpaired) electrons. The fraction of sp³-hybridized carbons (Fsp3) is 0.158. The molecule has 0 spiro atoms. The molecule has 1 fully saturated rings.